The van der Waals surface area contributed by atoms with Crippen LogP contribution in [-0.2, 0) is 41.1 Å². The number of anilines is 1. The lowest BCUT2D eigenvalue weighted by atomic mass is 9.98. The Kier molecular flexibility index (Phi) is 4.24. The highest BCUT2D eigenvalue weighted by atomic mass is 32.2. The summed E-state index contributed by atoms with van der Waals surface area (Å²) in [6.07, 6.45) is 5.76. The predicted octanol–water partition coefficient (Wildman–Crippen LogP) is 3.06. The van der Waals surface area contributed by atoms with Gasteiger partial charge in [-0.25, -0.2) is 23.2 Å². The molecule has 0 radical (unpaired) electrons. The molecule has 0 saturated heterocycles. The summed E-state index contributed by atoms with van der Waals surface area (Å²) in [6, 6.07) is -0.811. The molecule has 10 heteroatoms. The molecule has 2 heterocycles. The molecule has 0 bridgehead atoms. The molecule has 5 rings (SSSR count). The van der Waals surface area contributed by atoms with Crippen LogP contribution in [0.4, 0.5) is 14.9 Å². The zero-order valence-corrected chi connectivity index (χ0v) is 17.8. The van der Waals surface area contributed by atoms with Gasteiger partial charge in [0.1, 0.15) is 17.3 Å². The lowest BCUT2D eigenvalue weighted by molar-refractivity contribution is 0.259. The molecule has 0 spiro atoms. The molecule has 1 atom stereocenters. The van der Waals surface area contributed by atoms with E-state index in [-0.39, 0.29) is 16.6 Å². The van der Waals surface area contributed by atoms with E-state index in [1.807, 2.05) is 13.8 Å². The fraction of sp³-hybridized carbons (Fsp3) is 0.500. The fourth-order valence-corrected chi connectivity index (χ4v) is 5.72. The number of carbonyl (C=O) groups is 1. The monoisotopic (exact) mass is 433 g/mol. The second-order valence-electron chi connectivity index (χ2n) is 8.73. The molecule has 1 aromatic carbocycles. The lowest BCUT2D eigenvalue weighted by Gasteiger charge is -2.16. The second-order valence-corrected chi connectivity index (χ2v) is 10.5. The lowest BCUT2D eigenvalue weighted by Crippen LogP contribution is -2.26. The van der Waals surface area contributed by atoms with Crippen molar-refractivity contribution >= 4 is 21.6 Å². The third-order valence-corrected chi connectivity index (χ3v) is 7.51. The van der Waals surface area contributed by atoms with Crippen LogP contribution in [0.2, 0.25) is 0 Å². The summed E-state index contributed by atoms with van der Waals surface area (Å²) in [5.74, 6) is 0.149. The number of nitrogens with two attached hydrogens (primary N) is 1. The molecular formula is C20H24FN5O3S. The Hall–Kier alpha value is -2.46. The number of halogens is 1. The highest BCUT2D eigenvalue weighted by Crippen LogP contribution is 2.41. The van der Waals surface area contributed by atoms with Gasteiger partial charge in [-0.2, -0.15) is 5.10 Å². The topological polar surface area (TPSA) is 112 Å². The van der Waals surface area contributed by atoms with Crippen molar-refractivity contribution in [2.75, 3.05) is 11.9 Å². The minimum atomic E-state index is -3.57. The first-order chi connectivity index (χ1) is 14.2. The maximum absolute atomic E-state index is 14.8. The van der Waals surface area contributed by atoms with Crippen LogP contribution >= 0.6 is 0 Å². The maximum atomic E-state index is 14.8. The first kappa shape index (κ1) is 19.5. The first-order valence-electron chi connectivity index (χ1n) is 10.1. The van der Waals surface area contributed by atoms with Crippen LogP contribution in [0.1, 0.15) is 48.9 Å². The molecular weight excluding hydrogens is 409 g/mol. The Bertz CT molecular complexity index is 1170. The molecule has 1 unspecified atom stereocenters. The van der Waals surface area contributed by atoms with Crippen molar-refractivity contribution in [2.45, 2.75) is 62.8 Å². The van der Waals surface area contributed by atoms with E-state index in [1.54, 1.807) is 4.68 Å². The normalized spacial score (nSPS) is 20.1. The van der Waals surface area contributed by atoms with Crippen molar-refractivity contribution < 1.29 is 18.1 Å². The third-order valence-electron chi connectivity index (χ3n) is 6.16. The zero-order chi connectivity index (χ0) is 21.3. The highest BCUT2D eigenvalue weighted by molar-refractivity contribution is 7.91. The number of fused-ring (bicyclic) bond motifs is 3. The number of ether oxygens (including phenoxy) is 1. The average molecular weight is 434 g/mol. The number of amides is 2. The van der Waals surface area contributed by atoms with Crippen LogP contribution in [0, 0.1) is 5.82 Å². The minimum Gasteiger partial charge on any atom is -0.474 e. The Balaban J connectivity index is 1.51. The van der Waals surface area contributed by atoms with E-state index >= 15 is 0 Å². The van der Waals surface area contributed by atoms with E-state index in [0.717, 1.165) is 24.0 Å². The van der Waals surface area contributed by atoms with Crippen molar-refractivity contribution in [1.29, 1.82) is 0 Å². The van der Waals surface area contributed by atoms with Gasteiger partial charge in [-0.05, 0) is 74.6 Å². The first-order valence-corrected chi connectivity index (χ1v) is 11.7. The summed E-state index contributed by atoms with van der Waals surface area (Å²) >= 11 is 0. The summed E-state index contributed by atoms with van der Waals surface area (Å²) in [5, 5.41) is 12.9. The van der Waals surface area contributed by atoms with Crippen LogP contribution in [0.15, 0.2) is 15.5 Å². The van der Waals surface area contributed by atoms with Crippen molar-refractivity contribution in [3.8, 4) is 5.88 Å². The Morgan fingerprint density at radius 3 is 2.47 bits per heavy atom. The molecule has 160 valence electrons. The van der Waals surface area contributed by atoms with Gasteiger partial charge in [0, 0.05) is 5.69 Å². The van der Waals surface area contributed by atoms with Crippen LogP contribution in [0.5, 0.6) is 5.88 Å². The van der Waals surface area contributed by atoms with Crippen LogP contribution in [-0.4, -0.2) is 26.6 Å². The summed E-state index contributed by atoms with van der Waals surface area (Å²) < 4.78 is 38.9. The summed E-state index contributed by atoms with van der Waals surface area (Å²) in [4.78, 5) is 12.8. The molecule has 3 aliphatic rings. The van der Waals surface area contributed by atoms with E-state index in [0.29, 0.717) is 49.1 Å². The van der Waals surface area contributed by atoms with Crippen molar-refractivity contribution in [3.63, 3.8) is 0 Å². The molecule has 3 N–H and O–H groups in total. The molecule has 2 aromatic rings. The predicted molar refractivity (Wildman–Crippen MR) is 110 cm³/mol. The summed E-state index contributed by atoms with van der Waals surface area (Å²) in [7, 11) is -3.57. The molecule has 0 fully saturated rings. The number of hydrogen-bond donors (Lipinski definition) is 2. The van der Waals surface area contributed by atoms with E-state index < -0.39 is 21.5 Å². The molecule has 2 aliphatic carbocycles. The SMILES string of the molecule is CC1(C)COc2c(S(N)(=O)=NC(=O)Nc3c4c(c(F)c5c3CCC5)CCC4)cnn21. The highest BCUT2D eigenvalue weighted by Gasteiger charge is 2.37. The van der Waals surface area contributed by atoms with Gasteiger partial charge in [0.05, 0.1) is 11.7 Å². The van der Waals surface area contributed by atoms with Gasteiger partial charge in [-0.3, -0.25) is 0 Å². The van der Waals surface area contributed by atoms with Gasteiger partial charge in [0.15, 0.2) is 9.92 Å². The number of carbonyl (C=O) groups excluding carboxylic acids is 1. The molecule has 2 amide bonds. The number of hydrogen-bond acceptors (Lipinski definition) is 4. The Morgan fingerprint density at radius 2 is 1.83 bits per heavy atom. The molecule has 1 aromatic heterocycles. The molecule has 1 aliphatic heterocycles. The van der Waals surface area contributed by atoms with Crippen molar-refractivity contribution in [3.05, 3.63) is 34.3 Å². The number of rotatable bonds is 2. The summed E-state index contributed by atoms with van der Waals surface area (Å²) in [6.45, 7) is 4.22. The van der Waals surface area contributed by atoms with Crippen LogP contribution < -0.4 is 15.2 Å². The minimum absolute atomic E-state index is 0.0952. The second kappa shape index (κ2) is 6.52. The van der Waals surface area contributed by atoms with E-state index in [1.165, 1.54) is 6.20 Å². The smallest absolute Gasteiger partial charge is 0.354 e. The van der Waals surface area contributed by atoms with Crippen molar-refractivity contribution in [1.82, 2.24) is 9.78 Å². The van der Waals surface area contributed by atoms with E-state index in [9.17, 15) is 13.4 Å². The van der Waals surface area contributed by atoms with Gasteiger partial charge in [0.2, 0.25) is 5.88 Å². The fourth-order valence-electron chi connectivity index (χ4n) is 4.73. The van der Waals surface area contributed by atoms with Crippen LogP contribution in [0.25, 0.3) is 0 Å². The molecule has 0 saturated carbocycles. The number of nitrogens with zero attached hydrogens (tertiary/aromatic N) is 3. The summed E-state index contributed by atoms with van der Waals surface area (Å²) in [5.41, 5.74) is 3.25. The van der Waals surface area contributed by atoms with Gasteiger partial charge < -0.3 is 10.1 Å². The maximum Gasteiger partial charge on any atom is 0.354 e. The average Bonchev–Trinajstić information content (AvgIpc) is 3.44. The number of urea groups is 1. The van der Waals surface area contributed by atoms with Gasteiger partial charge >= 0.3 is 6.03 Å². The molecule has 8 nitrogen and oxygen atoms in total. The number of aromatic nitrogens is 2. The van der Waals surface area contributed by atoms with Crippen LogP contribution in [0.3, 0.4) is 0 Å². The van der Waals surface area contributed by atoms with Gasteiger partial charge in [0.25, 0.3) is 0 Å². The number of benzene rings is 1. The molecule has 30 heavy (non-hydrogen) atoms. The van der Waals surface area contributed by atoms with Gasteiger partial charge in [-0.1, -0.05) is 0 Å². The van der Waals surface area contributed by atoms with E-state index in [4.69, 9.17) is 9.88 Å². The Morgan fingerprint density at radius 1 is 1.23 bits per heavy atom. The van der Waals surface area contributed by atoms with Gasteiger partial charge in [-0.15, -0.1) is 4.36 Å². The zero-order valence-electron chi connectivity index (χ0n) is 17.0. The third kappa shape index (κ3) is 2.84. The van der Waals surface area contributed by atoms with E-state index in [2.05, 4.69) is 14.8 Å². The van der Waals surface area contributed by atoms with Crippen molar-refractivity contribution in [2.24, 2.45) is 9.50 Å². The largest absolute Gasteiger partial charge is 0.474 e. The standard InChI is InChI=1S/C20H24FN5O3S/c1-20(2)10-29-18-15(9-23-26(18)20)30(22,28)25-19(27)24-17-13-7-3-5-11(13)16(21)12-6-4-8-14(12)17/h9H,3-8,10H2,1-2H3,(H3,22,24,25,27,28). The number of nitrogens with one attached hydrogen (secondary N) is 1. The quantitative estimate of drug-likeness (QED) is 0.758. The Labute approximate surface area is 174 Å².